The van der Waals surface area contributed by atoms with Gasteiger partial charge in [-0.25, -0.2) is 0 Å². The highest BCUT2D eigenvalue weighted by atomic mass is 31.2. The van der Waals surface area contributed by atoms with Gasteiger partial charge in [-0.15, -0.1) is 0 Å². The second-order valence-corrected chi connectivity index (χ2v) is 22.5. The number of nitrogens with one attached hydrogen (secondary N) is 1. The lowest BCUT2D eigenvalue weighted by Gasteiger charge is -2.30. The van der Waals surface area contributed by atoms with Gasteiger partial charge in [0.1, 0.15) is 19.3 Å². The van der Waals surface area contributed by atoms with E-state index in [9.17, 15) is 19.0 Å². The predicted octanol–water partition coefficient (Wildman–Crippen LogP) is 18.3. The van der Waals surface area contributed by atoms with Crippen LogP contribution in [0.3, 0.4) is 0 Å². The van der Waals surface area contributed by atoms with Crippen molar-refractivity contribution in [3.63, 3.8) is 0 Å². The number of esters is 1. The molecule has 0 bridgehead atoms. The molecule has 77 heavy (non-hydrogen) atoms. The number of quaternary nitrogens is 1. The van der Waals surface area contributed by atoms with Crippen molar-refractivity contribution in [2.75, 3.05) is 40.9 Å². The van der Waals surface area contributed by atoms with E-state index in [1.54, 1.807) is 6.08 Å². The largest absolute Gasteiger partial charge is 0.756 e. The van der Waals surface area contributed by atoms with Gasteiger partial charge < -0.3 is 28.5 Å². The molecule has 3 unspecified atom stereocenters. The molecule has 1 amide bonds. The van der Waals surface area contributed by atoms with Gasteiger partial charge in [0.25, 0.3) is 7.82 Å². The molecule has 0 radical (unpaired) electrons. The van der Waals surface area contributed by atoms with Gasteiger partial charge in [0.2, 0.25) is 5.91 Å². The second-order valence-electron chi connectivity index (χ2n) is 21.1. The Morgan fingerprint density at radius 2 is 0.831 bits per heavy atom. The predicted molar refractivity (Wildman–Crippen MR) is 330 cm³/mol. The van der Waals surface area contributed by atoms with Gasteiger partial charge in [-0.05, 0) is 128 Å². The van der Waals surface area contributed by atoms with Gasteiger partial charge in [-0.1, -0.05) is 219 Å². The third-order valence-corrected chi connectivity index (χ3v) is 13.5. The van der Waals surface area contributed by atoms with E-state index in [4.69, 9.17) is 13.8 Å². The maximum Gasteiger partial charge on any atom is 0.306 e. The van der Waals surface area contributed by atoms with E-state index in [0.717, 1.165) is 109 Å². The summed E-state index contributed by atoms with van der Waals surface area (Å²) in [6.07, 6.45) is 78.5. The van der Waals surface area contributed by atoms with Crippen molar-refractivity contribution in [1.29, 1.82) is 0 Å². The number of nitrogens with zero attached hydrogens (tertiary/aromatic N) is 1. The van der Waals surface area contributed by atoms with Crippen molar-refractivity contribution >= 4 is 19.7 Å². The summed E-state index contributed by atoms with van der Waals surface area (Å²) in [5.74, 6) is -0.640. The molecular formula is C67H113N2O7P. The molecule has 0 heterocycles. The summed E-state index contributed by atoms with van der Waals surface area (Å²) < 4.78 is 30.2. The van der Waals surface area contributed by atoms with E-state index >= 15 is 0 Å². The van der Waals surface area contributed by atoms with Gasteiger partial charge in [0.05, 0.1) is 33.8 Å². The lowest BCUT2D eigenvalue weighted by Crippen LogP contribution is -2.47. The zero-order chi connectivity index (χ0) is 56.4. The topological polar surface area (TPSA) is 114 Å². The molecule has 0 saturated heterocycles. The van der Waals surface area contributed by atoms with Crippen LogP contribution in [0, 0.1) is 0 Å². The molecule has 0 saturated carbocycles. The minimum atomic E-state index is -4.73. The van der Waals surface area contributed by atoms with Crippen LogP contribution in [0.15, 0.2) is 134 Å². The van der Waals surface area contributed by atoms with Crippen LogP contribution in [-0.4, -0.2) is 69.4 Å². The van der Waals surface area contributed by atoms with E-state index in [1.807, 2.05) is 27.2 Å². The third-order valence-electron chi connectivity index (χ3n) is 12.6. The molecule has 438 valence electrons. The number of carbonyl (C=O) groups excluding carboxylic acids is 2. The quantitative estimate of drug-likeness (QED) is 0.0212. The van der Waals surface area contributed by atoms with E-state index in [2.05, 4.69) is 148 Å². The molecule has 1 N–H and O–H groups in total. The Hall–Kier alpha value is -3.85. The van der Waals surface area contributed by atoms with Crippen LogP contribution in [0.1, 0.15) is 226 Å². The Morgan fingerprint density at radius 3 is 1.29 bits per heavy atom. The maximum absolute atomic E-state index is 13.5. The summed E-state index contributed by atoms with van der Waals surface area (Å²) in [5.41, 5.74) is 0. The highest BCUT2D eigenvalue weighted by Crippen LogP contribution is 2.38. The molecule has 9 nitrogen and oxygen atoms in total. The molecule has 0 aromatic carbocycles. The average Bonchev–Trinajstić information content (AvgIpc) is 3.39. The number of likely N-dealkylation sites (N-methyl/N-ethyl adjacent to an activating group) is 1. The van der Waals surface area contributed by atoms with E-state index in [0.29, 0.717) is 23.9 Å². The normalized spacial score (nSPS) is 14.6. The van der Waals surface area contributed by atoms with Crippen LogP contribution in [0.5, 0.6) is 0 Å². The first-order chi connectivity index (χ1) is 37.4. The van der Waals surface area contributed by atoms with Gasteiger partial charge in [0.15, 0.2) is 0 Å². The van der Waals surface area contributed by atoms with Crippen LogP contribution >= 0.6 is 7.82 Å². The molecular weight excluding hydrogens is 976 g/mol. The van der Waals surface area contributed by atoms with Gasteiger partial charge in [0, 0.05) is 12.8 Å². The van der Waals surface area contributed by atoms with Crippen molar-refractivity contribution in [1.82, 2.24) is 5.32 Å². The second kappa shape index (κ2) is 55.5. The fourth-order valence-corrected chi connectivity index (χ4v) is 8.58. The molecule has 10 heteroatoms. The zero-order valence-electron chi connectivity index (χ0n) is 49.9. The van der Waals surface area contributed by atoms with Crippen LogP contribution in [0.4, 0.5) is 0 Å². The van der Waals surface area contributed by atoms with E-state index in [1.165, 1.54) is 70.6 Å². The summed E-state index contributed by atoms with van der Waals surface area (Å²) in [5, 5.41) is 2.99. The molecule has 3 atom stereocenters. The number of phosphoric ester groups is 1. The first-order valence-electron chi connectivity index (χ1n) is 30.5. The minimum absolute atomic E-state index is 0.0437. The van der Waals surface area contributed by atoms with Crippen molar-refractivity contribution in [3.05, 3.63) is 134 Å². The van der Waals surface area contributed by atoms with Crippen LogP contribution in [0.2, 0.25) is 0 Å². The summed E-state index contributed by atoms with van der Waals surface area (Å²) in [7, 11) is 1.12. The number of hydrogen-bond acceptors (Lipinski definition) is 7. The van der Waals surface area contributed by atoms with Crippen LogP contribution in [-0.2, 0) is 27.9 Å². The average molecular weight is 1090 g/mol. The number of rotatable bonds is 53. The Kier molecular flexibility index (Phi) is 52.7. The SMILES string of the molecule is CC/C=C\C/C=C\C/C=C\C/C=C\C/C=C\C/C=C\CCCCC(=O)OC(/C=C/CCCCCCCCCCC)C(COP(=O)([O-])OCC[N+](C)(C)C)NC(=O)CCCCC/C=C\C/C=C\C/C=C\C/C=C\CCCCC. The van der Waals surface area contributed by atoms with Crippen LogP contribution < -0.4 is 10.2 Å². The Morgan fingerprint density at radius 1 is 0.468 bits per heavy atom. The zero-order valence-corrected chi connectivity index (χ0v) is 50.8. The van der Waals surface area contributed by atoms with Gasteiger partial charge in [-0.3, -0.25) is 14.2 Å². The first kappa shape index (κ1) is 73.2. The van der Waals surface area contributed by atoms with Crippen molar-refractivity contribution < 1.29 is 37.3 Å². The Bertz CT molecular complexity index is 1780. The molecule has 0 aromatic rings. The molecule has 0 aliphatic rings. The van der Waals surface area contributed by atoms with Crippen molar-refractivity contribution in [2.24, 2.45) is 0 Å². The molecule has 0 aliphatic heterocycles. The number of phosphoric acid groups is 1. The van der Waals surface area contributed by atoms with E-state index < -0.39 is 32.5 Å². The van der Waals surface area contributed by atoms with Gasteiger partial charge in [-0.2, -0.15) is 0 Å². The third kappa shape index (κ3) is 56.7. The number of ether oxygens (including phenoxy) is 1. The highest BCUT2D eigenvalue weighted by molar-refractivity contribution is 7.45. The number of unbranched alkanes of at least 4 members (excludes halogenated alkanes) is 17. The van der Waals surface area contributed by atoms with E-state index in [-0.39, 0.29) is 25.4 Å². The molecule has 0 rings (SSSR count). The molecule has 0 fully saturated rings. The standard InChI is InChI=1S/C67H113N2O7P/c1-7-10-13-16-19-22-25-27-29-31-33-34-36-38-40-42-45-48-51-54-57-60-67(71)76-65(58-55-52-49-46-43-24-21-18-15-12-9-3)64(63-75-77(72,73)74-62-61-69(4,5)6)68-66(70)59-56-53-50-47-44-41-39-37-35-32-30-28-26-23-20-17-14-11-8-2/h10,13,19-20,22-23,27-30,33-35,37-38,40-41,44-45,48,55,58,64-65H,7-9,11-12,14-18,21,24-26,31-32,36,39,42-43,46-47,49-54,56-57,59-63H2,1-6H3,(H-,68,70,72,73)/b13-10-,22-19-,23-20-,29-27-,30-28-,34-33-,37-35-,40-38-,44-41-,48-45-,58-55+. The number of allylic oxidation sites excluding steroid dienone is 21. The van der Waals surface area contributed by atoms with Gasteiger partial charge >= 0.3 is 5.97 Å². The smallest absolute Gasteiger partial charge is 0.306 e. The maximum atomic E-state index is 13.5. The molecule has 0 spiro atoms. The summed E-state index contributed by atoms with van der Waals surface area (Å²) in [4.78, 5) is 39.9. The fraction of sp³-hybridized carbons (Fsp3) is 0.642. The van der Waals surface area contributed by atoms with Crippen molar-refractivity contribution in [2.45, 2.75) is 238 Å². The lowest BCUT2D eigenvalue weighted by atomic mass is 10.1. The minimum Gasteiger partial charge on any atom is -0.756 e. The fourth-order valence-electron chi connectivity index (χ4n) is 7.86. The molecule has 0 aliphatic carbocycles. The van der Waals surface area contributed by atoms with Crippen LogP contribution in [0.25, 0.3) is 0 Å². The summed E-state index contributed by atoms with van der Waals surface area (Å²) in [6.45, 7) is 6.61. The number of amides is 1. The number of carbonyl (C=O) groups is 2. The summed E-state index contributed by atoms with van der Waals surface area (Å²) in [6, 6.07) is -0.933. The van der Waals surface area contributed by atoms with Crippen molar-refractivity contribution in [3.8, 4) is 0 Å². The number of hydrogen-bond donors (Lipinski definition) is 1. The monoisotopic (exact) mass is 1090 g/mol. The highest BCUT2D eigenvalue weighted by Gasteiger charge is 2.27. The first-order valence-corrected chi connectivity index (χ1v) is 32.0. The lowest BCUT2D eigenvalue weighted by molar-refractivity contribution is -0.870. The summed E-state index contributed by atoms with van der Waals surface area (Å²) >= 11 is 0. The Labute approximate surface area is 473 Å². The molecule has 0 aromatic heterocycles. The Balaban J connectivity index is 5.40.